The highest BCUT2D eigenvalue weighted by atomic mass is 16.7. The van der Waals surface area contributed by atoms with Crippen molar-refractivity contribution < 1.29 is 19.4 Å². The van der Waals surface area contributed by atoms with Crippen LogP contribution in [0.3, 0.4) is 0 Å². The minimum absolute atomic E-state index is 0.0181. The van der Waals surface area contributed by atoms with Crippen molar-refractivity contribution in [2.75, 3.05) is 32.7 Å². The van der Waals surface area contributed by atoms with Crippen molar-refractivity contribution in [3.63, 3.8) is 0 Å². The average Bonchev–Trinajstić information content (AvgIpc) is 3.77. The minimum Gasteiger partial charge on any atom is -0.392 e. The smallest absolute Gasteiger partial charge is 0.315 e. The Kier molecular flexibility index (Phi) is 9.55. The molecule has 2 aromatic carbocycles. The largest absolute Gasteiger partial charge is 0.392 e. The van der Waals surface area contributed by atoms with Gasteiger partial charge in [0, 0.05) is 42.7 Å². The summed E-state index contributed by atoms with van der Waals surface area (Å²) in [5.74, 6) is 2.59. The van der Waals surface area contributed by atoms with Crippen LogP contribution in [-0.2, 0) is 22.6 Å². The molecule has 2 aromatic rings. The molecule has 0 unspecified atom stereocenters. The summed E-state index contributed by atoms with van der Waals surface area (Å²) in [6.45, 7) is 8.48. The van der Waals surface area contributed by atoms with Crippen LogP contribution in [0.4, 0.5) is 4.79 Å². The van der Waals surface area contributed by atoms with Crippen molar-refractivity contribution >= 4 is 6.03 Å². The quantitative estimate of drug-likeness (QED) is 0.279. The maximum Gasteiger partial charge on any atom is 0.315 e. The van der Waals surface area contributed by atoms with Crippen LogP contribution in [0.1, 0.15) is 106 Å². The molecule has 8 heteroatoms. The minimum atomic E-state index is -0.477. The molecule has 3 saturated heterocycles. The van der Waals surface area contributed by atoms with Gasteiger partial charge in [-0.25, -0.2) is 4.79 Å². The molecule has 7 fully saturated rings. The summed E-state index contributed by atoms with van der Waals surface area (Å²) in [7, 11) is 0. The molecule has 8 nitrogen and oxygen atoms in total. The lowest BCUT2D eigenvalue weighted by molar-refractivity contribution is -0.276. The first-order valence-electron chi connectivity index (χ1n) is 19.0. The molecule has 9 rings (SSSR count). The summed E-state index contributed by atoms with van der Waals surface area (Å²) < 4.78 is 13.6. The third-order valence-electron chi connectivity index (χ3n) is 12.8. The van der Waals surface area contributed by atoms with Crippen molar-refractivity contribution in [2.45, 2.75) is 114 Å². The summed E-state index contributed by atoms with van der Waals surface area (Å²) >= 11 is 0. The predicted molar refractivity (Wildman–Crippen MR) is 186 cm³/mol. The number of nitrogens with zero attached hydrogens (tertiary/aromatic N) is 2. The fourth-order valence-corrected chi connectivity index (χ4v) is 10.7. The molecule has 4 saturated carbocycles. The van der Waals surface area contributed by atoms with Gasteiger partial charge in [0.2, 0.25) is 0 Å². The van der Waals surface area contributed by atoms with Gasteiger partial charge in [-0.05, 0) is 118 Å². The summed E-state index contributed by atoms with van der Waals surface area (Å²) in [4.78, 5) is 18.4. The zero-order valence-corrected chi connectivity index (χ0v) is 28.8. The molecule has 0 aromatic heterocycles. The first kappa shape index (κ1) is 32.7. The SMILES string of the molecule is C[C@@H]1[C@H](CN2CCC[C@H]2CN2CCCC2)O[C@H](c2ccc(CNC(=O)NC34CC5CC(CC(C5)C3)C4)cc2)O[C@@H]1c1ccc(CO)cc1. The number of likely N-dealkylation sites (tertiary alicyclic amines) is 2. The third-order valence-corrected chi connectivity index (χ3v) is 12.8. The first-order chi connectivity index (χ1) is 23.4. The van der Waals surface area contributed by atoms with E-state index < -0.39 is 6.29 Å². The molecular weight excluding hydrogens is 600 g/mol. The maximum absolute atomic E-state index is 13.1. The van der Waals surface area contributed by atoms with E-state index in [0.29, 0.717) is 12.6 Å². The van der Waals surface area contributed by atoms with Crippen LogP contribution >= 0.6 is 0 Å². The number of urea groups is 1. The van der Waals surface area contributed by atoms with Crippen molar-refractivity contribution in [1.29, 1.82) is 0 Å². The topological polar surface area (TPSA) is 86.3 Å². The van der Waals surface area contributed by atoms with E-state index in [2.05, 4.69) is 63.8 Å². The lowest BCUT2D eigenvalue weighted by Crippen LogP contribution is -2.61. The molecule has 3 aliphatic heterocycles. The lowest BCUT2D eigenvalue weighted by atomic mass is 9.53. The maximum atomic E-state index is 13.1. The molecule has 260 valence electrons. The van der Waals surface area contributed by atoms with Crippen molar-refractivity contribution in [2.24, 2.45) is 23.7 Å². The Balaban J connectivity index is 0.927. The highest BCUT2D eigenvalue weighted by molar-refractivity contribution is 5.75. The number of aliphatic hydroxyl groups excluding tert-OH is 1. The van der Waals surface area contributed by atoms with E-state index in [1.54, 1.807) is 0 Å². The van der Waals surface area contributed by atoms with Gasteiger partial charge in [0.25, 0.3) is 0 Å². The van der Waals surface area contributed by atoms with Gasteiger partial charge in [0.05, 0.1) is 18.8 Å². The second-order valence-corrected chi connectivity index (χ2v) is 16.4. The van der Waals surface area contributed by atoms with E-state index in [-0.39, 0.29) is 36.3 Å². The monoisotopic (exact) mass is 656 g/mol. The number of carbonyl (C=O) groups is 1. The molecular formula is C40H56N4O4. The second-order valence-electron chi connectivity index (χ2n) is 16.4. The number of hydrogen-bond acceptors (Lipinski definition) is 6. The number of hydrogen-bond donors (Lipinski definition) is 3. The summed E-state index contributed by atoms with van der Waals surface area (Å²) in [6.07, 6.45) is 12.2. The van der Waals surface area contributed by atoms with E-state index in [1.807, 2.05) is 12.1 Å². The zero-order chi connectivity index (χ0) is 32.7. The van der Waals surface area contributed by atoms with Gasteiger partial charge in [-0.15, -0.1) is 0 Å². The molecule has 3 heterocycles. The Labute approximate surface area is 286 Å². The van der Waals surface area contributed by atoms with Gasteiger partial charge < -0.3 is 30.1 Å². The van der Waals surface area contributed by atoms with Crippen molar-refractivity contribution in [3.05, 3.63) is 70.8 Å². The first-order valence-corrected chi connectivity index (χ1v) is 19.0. The molecule has 4 aliphatic carbocycles. The molecule has 4 bridgehead atoms. The Bertz CT molecular complexity index is 1360. The Morgan fingerprint density at radius 3 is 2.15 bits per heavy atom. The molecule has 7 aliphatic rings. The van der Waals surface area contributed by atoms with Crippen LogP contribution in [-0.4, -0.2) is 71.3 Å². The lowest BCUT2D eigenvalue weighted by Gasteiger charge is -2.56. The number of carbonyl (C=O) groups excluding carboxylic acids is 1. The van der Waals surface area contributed by atoms with Crippen LogP contribution in [0.5, 0.6) is 0 Å². The van der Waals surface area contributed by atoms with Crippen LogP contribution in [0.2, 0.25) is 0 Å². The van der Waals surface area contributed by atoms with Crippen molar-refractivity contribution in [3.8, 4) is 0 Å². The van der Waals surface area contributed by atoms with Gasteiger partial charge in [0.1, 0.15) is 0 Å². The van der Waals surface area contributed by atoms with Gasteiger partial charge in [-0.3, -0.25) is 4.90 Å². The molecule has 5 atom stereocenters. The van der Waals surface area contributed by atoms with E-state index >= 15 is 0 Å². The molecule has 0 spiro atoms. The van der Waals surface area contributed by atoms with Crippen LogP contribution in [0.25, 0.3) is 0 Å². The Morgan fingerprint density at radius 2 is 1.48 bits per heavy atom. The number of ether oxygens (including phenoxy) is 2. The number of amides is 2. The number of nitrogens with one attached hydrogen (secondary N) is 2. The fraction of sp³-hybridized carbons (Fsp3) is 0.675. The van der Waals surface area contributed by atoms with E-state index in [4.69, 9.17) is 9.47 Å². The zero-order valence-electron chi connectivity index (χ0n) is 28.8. The number of aliphatic hydroxyl groups is 1. The van der Waals surface area contributed by atoms with Gasteiger partial charge in [0.15, 0.2) is 6.29 Å². The normalized spacial score (nSPS) is 36.5. The van der Waals surface area contributed by atoms with E-state index in [0.717, 1.165) is 72.4 Å². The summed E-state index contributed by atoms with van der Waals surface area (Å²) in [5.41, 5.74) is 4.12. The van der Waals surface area contributed by atoms with Crippen LogP contribution < -0.4 is 10.6 Å². The van der Waals surface area contributed by atoms with Crippen molar-refractivity contribution in [1.82, 2.24) is 20.4 Å². The molecule has 48 heavy (non-hydrogen) atoms. The predicted octanol–water partition coefficient (Wildman–Crippen LogP) is 6.30. The number of benzene rings is 2. The van der Waals surface area contributed by atoms with Crippen LogP contribution in [0.15, 0.2) is 48.5 Å². The van der Waals surface area contributed by atoms with Gasteiger partial charge >= 0.3 is 6.03 Å². The molecule has 3 N–H and O–H groups in total. The van der Waals surface area contributed by atoms with Gasteiger partial charge in [-0.1, -0.05) is 55.5 Å². The molecule has 2 amide bonds. The fourth-order valence-electron chi connectivity index (χ4n) is 10.7. The highest BCUT2D eigenvalue weighted by Crippen LogP contribution is 2.55. The van der Waals surface area contributed by atoms with Gasteiger partial charge in [-0.2, -0.15) is 0 Å². The van der Waals surface area contributed by atoms with E-state index in [9.17, 15) is 9.90 Å². The standard InChI is InChI=1S/C40H56N4O4/c1-27-36(25-44-16-4-5-35(44)24-43-14-2-3-15-43)47-38(48-37(27)33-10-8-29(26-45)9-11-33)34-12-6-28(7-13-34)23-41-39(46)42-40-20-30-17-31(21-40)19-32(18-30)22-40/h6-13,27,30-32,35-38,45H,2-5,14-26H2,1H3,(H2,41,42,46)/t27-,30?,31?,32?,35+,36+,37+,38+,40?/m1/s1. The highest BCUT2D eigenvalue weighted by Gasteiger charge is 2.51. The second kappa shape index (κ2) is 14.0. The van der Waals surface area contributed by atoms with Crippen LogP contribution in [0, 0.1) is 23.7 Å². The third kappa shape index (κ3) is 7.06. The summed E-state index contributed by atoms with van der Waals surface area (Å²) in [6, 6.07) is 17.1. The Morgan fingerprint density at radius 1 is 0.833 bits per heavy atom. The number of rotatable bonds is 10. The molecule has 0 radical (unpaired) electrons. The Hall–Kier alpha value is -2.49. The van der Waals surface area contributed by atoms with E-state index in [1.165, 1.54) is 64.6 Å². The summed E-state index contributed by atoms with van der Waals surface area (Å²) in [5, 5.41) is 16.2. The average molecular weight is 657 g/mol.